The Morgan fingerprint density at radius 3 is 2.88 bits per heavy atom. The molecule has 0 aliphatic rings. The molecule has 0 saturated heterocycles. The van der Waals surface area contributed by atoms with E-state index in [9.17, 15) is 4.79 Å². The number of benzene rings is 1. The van der Waals surface area contributed by atoms with Crippen LogP contribution in [0.2, 0.25) is 5.02 Å². The highest BCUT2D eigenvalue weighted by Crippen LogP contribution is 2.26. The first-order valence-corrected chi connectivity index (χ1v) is 5.32. The maximum absolute atomic E-state index is 11.3. The predicted octanol–water partition coefficient (Wildman–Crippen LogP) is 2.06. The van der Waals surface area contributed by atoms with E-state index in [0.717, 1.165) is 0 Å². The number of hydrogen-bond acceptors (Lipinski definition) is 4. The minimum Gasteiger partial charge on any atom is -0.399 e. The van der Waals surface area contributed by atoms with Crippen molar-refractivity contribution >= 4 is 28.8 Å². The smallest absolute Gasteiger partial charge is 0.252 e. The number of aromatic amines is 1. The zero-order chi connectivity index (χ0) is 12.4. The molecule has 0 aliphatic heterocycles. The molecule has 0 amide bonds. The van der Waals surface area contributed by atoms with Gasteiger partial charge in [0.1, 0.15) is 11.6 Å². The highest BCUT2D eigenvalue weighted by Gasteiger charge is 2.03. The molecular weight excluding hydrogens is 240 g/mol. The molecule has 0 atom stereocenters. The fraction of sp³-hybridized carbons (Fsp3) is 0.0909. The van der Waals surface area contributed by atoms with Crippen molar-refractivity contribution in [3.63, 3.8) is 0 Å². The molecule has 0 bridgehead atoms. The molecule has 17 heavy (non-hydrogen) atoms. The largest absolute Gasteiger partial charge is 0.399 e. The Bertz CT molecular complexity index is 609. The Balaban J connectivity index is 2.37. The van der Waals surface area contributed by atoms with Crippen LogP contribution in [0, 0.1) is 6.92 Å². The van der Waals surface area contributed by atoms with Crippen LogP contribution in [0.25, 0.3) is 0 Å². The maximum atomic E-state index is 11.3. The second-order valence-corrected chi connectivity index (χ2v) is 3.99. The van der Waals surface area contributed by atoms with Gasteiger partial charge >= 0.3 is 0 Å². The number of H-pyrrole nitrogens is 1. The number of nitrogens with one attached hydrogen (secondary N) is 2. The lowest BCUT2D eigenvalue weighted by molar-refractivity contribution is 1.02. The van der Waals surface area contributed by atoms with Crippen LogP contribution in [0.5, 0.6) is 0 Å². The summed E-state index contributed by atoms with van der Waals surface area (Å²) in [6.45, 7) is 1.70. The van der Waals surface area contributed by atoms with Gasteiger partial charge in [-0.05, 0) is 25.1 Å². The van der Waals surface area contributed by atoms with Crippen LogP contribution in [0.1, 0.15) is 5.82 Å². The summed E-state index contributed by atoms with van der Waals surface area (Å²) < 4.78 is 0. The van der Waals surface area contributed by atoms with Gasteiger partial charge in [-0.15, -0.1) is 0 Å². The normalized spacial score (nSPS) is 10.2. The molecule has 0 radical (unpaired) electrons. The third-order valence-electron chi connectivity index (χ3n) is 2.11. The summed E-state index contributed by atoms with van der Waals surface area (Å²) in [6, 6.07) is 6.41. The first-order valence-electron chi connectivity index (χ1n) is 4.94. The van der Waals surface area contributed by atoms with E-state index in [-0.39, 0.29) is 5.56 Å². The fourth-order valence-electron chi connectivity index (χ4n) is 1.42. The topological polar surface area (TPSA) is 83.8 Å². The number of nitrogens with zero attached hydrogens (tertiary/aromatic N) is 1. The second kappa shape index (κ2) is 4.47. The van der Waals surface area contributed by atoms with E-state index in [0.29, 0.717) is 28.0 Å². The summed E-state index contributed by atoms with van der Waals surface area (Å²) in [5.41, 5.74) is 6.63. The Labute approximate surface area is 103 Å². The lowest BCUT2D eigenvalue weighted by Crippen LogP contribution is -2.10. The molecule has 1 aromatic heterocycles. The van der Waals surface area contributed by atoms with Gasteiger partial charge in [0.15, 0.2) is 0 Å². The van der Waals surface area contributed by atoms with Crippen molar-refractivity contribution in [2.24, 2.45) is 0 Å². The van der Waals surface area contributed by atoms with Gasteiger partial charge in [0.2, 0.25) is 0 Å². The summed E-state index contributed by atoms with van der Waals surface area (Å²) >= 11 is 5.99. The zero-order valence-electron chi connectivity index (χ0n) is 9.12. The molecule has 5 nitrogen and oxygen atoms in total. The van der Waals surface area contributed by atoms with E-state index in [1.807, 2.05) is 0 Å². The standard InChI is InChI=1S/C11H11ClN4O/c1-6-14-10(5-11(17)15-6)16-9-4-7(13)2-3-8(9)12/h2-5H,13H2,1H3,(H2,14,15,16,17). The molecule has 0 aliphatic carbocycles. The third kappa shape index (κ3) is 2.76. The number of halogens is 1. The summed E-state index contributed by atoms with van der Waals surface area (Å²) in [4.78, 5) is 18.0. The Hall–Kier alpha value is -2.01. The summed E-state index contributed by atoms with van der Waals surface area (Å²) in [5.74, 6) is 0.957. The van der Waals surface area contributed by atoms with Crippen molar-refractivity contribution < 1.29 is 0 Å². The number of rotatable bonds is 2. The number of hydrogen-bond donors (Lipinski definition) is 3. The monoisotopic (exact) mass is 250 g/mol. The van der Waals surface area contributed by atoms with Crippen molar-refractivity contribution in [1.82, 2.24) is 9.97 Å². The van der Waals surface area contributed by atoms with Crippen LogP contribution < -0.4 is 16.6 Å². The molecule has 0 fully saturated rings. The van der Waals surface area contributed by atoms with E-state index < -0.39 is 0 Å². The Morgan fingerprint density at radius 2 is 2.18 bits per heavy atom. The van der Waals surface area contributed by atoms with Gasteiger partial charge in [0.05, 0.1) is 10.7 Å². The molecule has 2 rings (SSSR count). The summed E-state index contributed by atoms with van der Waals surface area (Å²) in [6.07, 6.45) is 0. The molecule has 6 heteroatoms. The minimum absolute atomic E-state index is 0.222. The molecule has 88 valence electrons. The Kier molecular flexibility index (Phi) is 3.01. The van der Waals surface area contributed by atoms with Crippen molar-refractivity contribution in [3.8, 4) is 0 Å². The number of anilines is 3. The van der Waals surface area contributed by atoms with E-state index in [1.165, 1.54) is 6.07 Å². The van der Waals surface area contributed by atoms with Gasteiger partial charge in [-0.2, -0.15) is 0 Å². The molecule has 1 aromatic carbocycles. The van der Waals surface area contributed by atoms with Gasteiger partial charge in [0, 0.05) is 11.8 Å². The lowest BCUT2D eigenvalue weighted by Gasteiger charge is -2.08. The van der Waals surface area contributed by atoms with Crippen LogP contribution in [0.4, 0.5) is 17.2 Å². The first kappa shape index (κ1) is 11.5. The molecular formula is C11H11ClN4O. The second-order valence-electron chi connectivity index (χ2n) is 3.58. The zero-order valence-corrected chi connectivity index (χ0v) is 9.88. The van der Waals surface area contributed by atoms with Crippen molar-refractivity contribution in [2.45, 2.75) is 6.92 Å². The highest BCUT2D eigenvalue weighted by atomic mass is 35.5. The fourth-order valence-corrected chi connectivity index (χ4v) is 1.58. The average molecular weight is 251 g/mol. The van der Waals surface area contributed by atoms with E-state index in [4.69, 9.17) is 17.3 Å². The quantitative estimate of drug-likeness (QED) is 0.713. The third-order valence-corrected chi connectivity index (χ3v) is 2.44. The van der Waals surface area contributed by atoms with E-state index >= 15 is 0 Å². The van der Waals surface area contributed by atoms with Crippen LogP contribution in [0.15, 0.2) is 29.1 Å². The SMILES string of the molecule is Cc1nc(Nc2cc(N)ccc2Cl)cc(=O)[nH]1. The lowest BCUT2D eigenvalue weighted by atomic mass is 10.3. The average Bonchev–Trinajstić information content (AvgIpc) is 2.22. The van der Waals surface area contributed by atoms with Gasteiger partial charge in [0.25, 0.3) is 5.56 Å². The van der Waals surface area contributed by atoms with Crippen LogP contribution in [0.3, 0.4) is 0 Å². The molecule has 0 unspecified atom stereocenters. The molecule has 1 heterocycles. The van der Waals surface area contributed by atoms with Gasteiger partial charge < -0.3 is 16.0 Å². The molecule has 4 N–H and O–H groups in total. The molecule has 2 aromatic rings. The Morgan fingerprint density at radius 1 is 1.41 bits per heavy atom. The van der Waals surface area contributed by atoms with Gasteiger partial charge in [-0.25, -0.2) is 4.98 Å². The van der Waals surface area contributed by atoms with E-state index in [1.54, 1.807) is 25.1 Å². The van der Waals surface area contributed by atoms with Gasteiger partial charge in [-0.1, -0.05) is 11.6 Å². The molecule has 0 spiro atoms. The van der Waals surface area contributed by atoms with Crippen LogP contribution >= 0.6 is 11.6 Å². The predicted molar refractivity (Wildman–Crippen MR) is 68.7 cm³/mol. The maximum Gasteiger partial charge on any atom is 0.252 e. The number of aryl methyl sites for hydroxylation is 1. The summed E-state index contributed by atoms with van der Waals surface area (Å²) in [5, 5.41) is 3.46. The van der Waals surface area contributed by atoms with Crippen LogP contribution in [-0.4, -0.2) is 9.97 Å². The van der Waals surface area contributed by atoms with Crippen molar-refractivity contribution in [2.75, 3.05) is 11.1 Å². The van der Waals surface area contributed by atoms with Crippen molar-refractivity contribution in [1.29, 1.82) is 0 Å². The number of nitrogen functional groups attached to an aromatic ring is 1. The number of nitrogens with two attached hydrogens (primary N) is 1. The summed E-state index contributed by atoms with van der Waals surface area (Å²) in [7, 11) is 0. The highest BCUT2D eigenvalue weighted by molar-refractivity contribution is 6.33. The minimum atomic E-state index is -0.222. The van der Waals surface area contributed by atoms with Crippen molar-refractivity contribution in [3.05, 3.63) is 45.5 Å². The first-order chi connectivity index (χ1) is 8.04. The van der Waals surface area contributed by atoms with Crippen LogP contribution in [-0.2, 0) is 0 Å². The van der Waals surface area contributed by atoms with E-state index in [2.05, 4.69) is 15.3 Å². The number of aromatic nitrogens is 2. The van der Waals surface area contributed by atoms with Gasteiger partial charge in [-0.3, -0.25) is 4.79 Å². The molecule has 0 saturated carbocycles.